The van der Waals surface area contributed by atoms with Crippen LogP contribution in [-0.4, -0.2) is 13.7 Å². The van der Waals surface area contributed by atoms with Gasteiger partial charge in [-0.1, -0.05) is 66.4 Å². The fraction of sp³-hybridized carbons (Fsp3) is 0.455. The van der Waals surface area contributed by atoms with E-state index in [4.69, 9.17) is 0 Å². The standard InChI is InChI=1S/C44H47N3O4/c1-6-11-12-13-19-45-32-21-30-35-27(41(48)46(43(30)50)24(7-2)8-3)18-17-26-34-28(23-15-14-16-23)20-29-36-31(44(51)47(42(29)49)25(9-4)10-5)22-33(45)39(40(34)36)38(32)37(26)35/h17-18,20-25H,6-16,19H2,1-5H3. The minimum atomic E-state index is -0.214. The van der Waals surface area contributed by atoms with Crippen molar-refractivity contribution in [2.75, 3.05) is 0 Å². The van der Waals surface area contributed by atoms with Crippen molar-refractivity contribution < 1.29 is 0 Å². The van der Waals surface area contributed by atoms with Gasteiger partial charge in [-0.15, -0.1) is 0 Å². The van der Waals surface area contributed by atoms with Crippen molar-refractivity contribution in [1.29, 1.82) is 0 Å². The molecule has 1 fully saturated rings. The first-order chi connectivity index (χ1) is 24.8. The van der Waals surface area contributed by atoms with E-state index in [0.717, 1.165) is 111 Å². The van der Waals surface area contributed by atoms with E-state index < -0.39 is 0 Å². The summed E-state index contributed by atoms with van der Waals surface area (Å²) in [5.74, 6) is 0.305. The second kappa shape index (κ2) is 11.8. The topological polar surface area (TPSA) is 83.1 Å². The highest BCUT2D eigenvalue weighted by Crippen LogP contribution is 2.53. The van der Waals surface area contributed by atoms with Crippen LogP contribution in [-0.2, 0) is 6.54 Å². The molecule has 1 aliphatic carbocycles. The largest absolute Gasteiger partial charge is 0.340 e. The average molecular weight is 682 g/mol. The molecule has 0 aliphatic heterocycles. The molecular weight excluding hydrogens is 635 g/mol. The lowest BCUT2D eigenvalue weighted by molar-refractivity contribution is 0.422. The van der Waals surface area contributed by atoms with E-state index in [-0.39, 0.29) is 34.3 Å². The molecule has 51 heavy (non-hydrogen) atoms. The Balaban J connectivity index is 1.58. The molecule has 0 radical (unpaired) electrons. The lowest BCUT2D eigenvalue weighted by Crippen LogP contribution is -2.36. The van der Waals surface area contributed by atoms with Crippen LogP contribution >= 0.6 is 0 Å². The average Bonchev–Trinajstić information content (AvgIpc) is 3.43. The summed E-state index contributed by atoms with van der Waals surface area (Å²) in [4.78, 5) is 58.1. The van der Waals surface area contributed by atoms with Crippen molar-refractivity contribution in [1.82, 2.24) is 13.7 Å². The summed E-state index contributed by atoms with van der Waals surface area (Å²) in [6.07, 6.45) is 10.4. The van der Waals surface area contributed by atoms with Gasteiger partial charge in [-0.2, -0.15) is 0 Å². The molecule has 0 amide bonds. The summed E-state index contributed by atoms with van der Waals surface area (Å²) in [5.41, 5.74) is 2.31. The monoisotopic (exact) mass is 681 g/mol. The first-order valence-electron chi connectivity index (χ1n) is 19.7. The third-order valence-electron chi connectivity index (χ3n) is 13.0. The van der Waals surface area contributed by atoms with Crippen LogP contribution in [0.15, 0.2) is 49.5 Å². The van der Waals surface area contributed by atoms with Crippen LogP contribution in [0.4, 0.5) is 0 Å². The van der Waals surface area contributed by atoms with E-state index in [2.05, 4.69) is 43.5 Å². The molecule has 9 rings (SSSR count). The van der Waals surface area contributed by atoms with Gasteiger partial charge in [0.1, 0.15) is 0 Å². The molecule has 0 N–H and O–H groups in total. The highest BCUT2D eigenvalue weighted by molar-refractivity contribution is 6.46. The van der Waals surface area contributed by atoms with Gasteiger partial charge in [0.25, 0.3) is 22.2 Å². The molecule has 7 nitrogen and oxygen atoms in total. The lowest BCUT2D eigenvalue weighted by atomic mass is 9.75. The molecular formula is C44H47N3O4. The Kier molecular flexibility index (Phi) is 7.47. The first kappa shape index (κ1) is 32.4. The maximum absolute atomic E-state index is 14.6. The van der Waals surface area contributed by atoms with Crippen molar-refractivity contribution in [2.24, 2.45) is 0 Å². The zero-order valence-corrected chi connectivity index (χ0v) is 30.6. The normalized spacial score (nSPS) is 14.6. The fourth-order valence-corrected chi connectivity index (χ4v) is 10.1. The Morgan fingerprint density at radius 3 is 1.59 bits per heavy atom. The van der Waals surface area contributed by atoms with E-state index in [0.29, 0.717) is 53.1 Å². The molecule has 0 spiro atoms. The Morgan fingerprint density at radius 2 is 1.06 bits per heavy atom. The third kappa shape index (κ3) is 4.12. The molecule has 262 valence electrons. The minimum Gasteiger partial charge on any atom is -0.340 e. The number of aryl methyl sites for hydroxylation is 1. The second-order valence-electron chi connectivity index (χ2n) is 15.4. The van der Waals surface area contributed by atoms with Gasteiger partial charge < -0.3 is 4.57 Å². The van der Waals surface area contributed by atoms with Gasteiger partial charge in [0.05, 0.1) is 21.8 Å². The lowest BCUT2D eigenvalue weighted by Gasteiger charge is -2.29. The maximum Gasteiger partial charge on any atom is 0.261 e. The number of rotatable bonds is 12. The number of hydrogen-bond donors (Lipinski definition) is 0. The van der Waals surface area contributed by atoms with Gasteiger partial charge in [-0.25, -0.2) is 0 Å². The molecule has 1 aliphatic rings. The van der Waals surface area contributed by atoms with Crippen molar-refractivity contribution in [3.05, 3.63) is 77.3 Å². The van der Waals surface area contributed by atoms with Crippen LogP contribution in [0.5, 0.6) is 0 Å². The zero-order chi connectivity index (χ0) is 35.5. The summed E-state index contributed by atoms with van der Waals surface area (Å²) in [7, 11) is 0. The Hall–Kier alpha value is -4.52. The van der Waals surface area contributed by atoms with Crippen molar-refractivity contribution in [3.8, 4) is 0 Å². The van der Waals surface area contributed by atoms with E-state index in [1.54, 1.807) is 4.57 Å². The minimum absolute atomic E-state index is 0.173. The molecule has 1 saturated carbocycles. The van der Waals surface area contributed by atoms with Gasteiger partial charge in [0.2, 0.25) is 0 Å². The number of fused-ring (bicyclic) bond motifs is 1. The van der Waals surface area contributed by atoms with Crippen LogP contribution in [0.3, 0.4) is 0 Å². The van der Waals surface area contributed by atoms with Gasteiger partial charge in [-0.3, -0.25) is 28.3 Å². The quantitative estimate of drug-likeness (QED) is 0.0730. The van der Waals surface area contributed by atoms with E-state index in [1.807, 2.05) is 26.0 Å². The van der Waals surface area contributed by atoms with Gasteiger partial charge in [0.15, 0.2) is 0 Å². The van der Waals surface area contributed by atoms with Crippen molar-refractivity contribution >= 4 is 75.7 Å². The fourth-order valence-electron chi connectivity index (χ4n) is 10.1. The zero-order valence-electron chi connectivity index (χ0n) is 30.6. The summed E-state index contributed by atoms with van der Waals surface area (Å²) >= 11 is 0. The highest BCUT2D eigenvalue weighted by Gasteiger charge is 2.33. The predicted octanol–water partition coefficient (Wildman–Crippen LogP) is 9.93. The molecule has 0 unspecified atom stereocenters. The van der Waals surface area contributed by atoms with Crippen LogP contribution in [0.2, 0.25) is 0 Å². The Labute approximate surface area is 295 Å². The van der Waals surface area contributed by atoms with Gasteiger partial charge in [-0.05, 0) is 91.5 Å². The summed E-state index contributed by atoms with van der Waals surface area (Å²) in [6.45, 7) is 11.1. The first-order valence-corrected chi connectivity index (χ1v) is 19.7. The van der Waals surface area contributed by atoms with Crippen molar-refractivity contribution in [3.63, 3.8) is 0 Å². The maximum atomic E-state index is 14.6. The van der Waals surface area contributed by atoms with Crippen LogP contribution < -0.4 is 22.2 Å². The highest BCUT2D eigenvalue weighted by atomic mass is 16.2. The molecule has 7 heteroatoms. The molecule has 0 bridgehead atoms. The van der Waals surface area contributed by atoms with E-state index in [1.165, 1.54) is 4.57 Å². The number of benzene rings is 5. The SMILES string of the molecule is CCCCCCn1c2cc3c(=O)n(C(CC)CC)c(=O)c4ccc5c6c(C7CCC7)cc7c(=O)n(C(CC)CC)c(=O)c8cc1c(c6c78)c2c5c43. The summed E-state index contributed by atoms with van der Waals surface area (Å²) in [5, 5.41) is 10.2. The van der Waals surface area contributed by atoms with Gasteiger partial charge in [0, 0.05) is 61.7 Å². The van der Waals surface area contributed by atoms with E-state index in [9.17, 15) is 19.2 Å². The van der Waals surface area contributed by atoms with Crippen LogP contribution in [0, 0.1) is 0 Å². The molecule has 8 aromatic rings. The summed E-state index contributed by atoms with van der Waals surface area (Å²) in [6, 6.07) is 9.91. The van der Waals surface area contributed by atoms with Crippen LogP contribution in [0.25, 0.3) is 75.7 Å². The number of unbranched alkanes of at least 4 members (excludes halogenated alkanes) is 3. The number of hydrogen-bond acceptors (Lipinski definition) is 4. The van der Waals surface area contributed by atoms with Gasteiger partial charge >= 0.3 is 0 Å². The number of pyridine rings is 2. The van der Waals surface area contributed by atoms with E-state index >= 15 is 0 Å². The Morgan fingerprint density at radius 1 is 0.549 bits per heavy atom. The smallest absolute Gasteiger partial charge is 0.261 e. The molecule has 5 aromatic carbocycles. The second-order valence-corrected chi connectivity index (χ2v) is 15.4. The van der Waals surface area contributed by atoms with Crippen molar-refractivity contribution in [2.45, 2.75) is 130 Å². The summed E-state index contributed by atoms with van der Waals surface area (Å²) < 4.78 is 5.41. The van der Waals surface area contributed by atoms with Crippen LogP contribution in [0.1, 0.15) is 129 Å². The number of aromatic nitrogens is 3. The molecule has 0 saturated heterocycles. The molecule has 0 atom stereocenters. The predicted molar refractivity (Wildman–Crippen MR) is 213 cm³/mol. The molecule has 3 aromatic heterocycles. The number of nitrogens with zero attached hydrogens (tertiary/aromatic N) is 3. The Bertz CT molecular complexity index is 2860. The molecule has 3 heterocycles. The third-order valence-corrected chi connectivity index (χ3v) is 13.0.